The van der Waals surface area contributed by atoms with Crippen molar-refractivity contribution in [3.8, 4) is 10.6 Å². The molecule has 4 rings (SSSR count). The van der Waals surface area contributed by atoms with Gasteiger partial charge in [0.1, 0.15) is 23.0 Å². The molecule has 32 heavy (non-hydrogen) atoms. The van der Waals surface area contributed by atoms with Crippen LogP contribution in [-0.4, -0.2) is 32.3 Å². The molecular formula is C23H24N4O3S2. The molecule has 0 aliphatic carbocycles. The van der Waals surface area contributed by atoms with E-state index < -0.39 is 0 Å². The first-order valence-corrected chi connectivity index (χ1v) is 12.3. The van der Waals surface area contributed by atoms with Crippen LogP contribution in [-0.2, 0) is 34.7 Å². The van der Waals surface area contributed by atoms with E-state index in [9.17, 15) is 4.79 Å². The first-order valence-electron chi connectivity index (χ1n) is 10.4. The average molecular weight is 469 g/mol. The van der Waals surface area contributed by atoms with Crippen molar-refractivity contribution in [1.82, 2.24) is 19.7 Å². The molecule has 0 saturated carbocycles. The molecule has 1 aromatic carbocycles. The molecule has 3 aromatic heterocycles. The number of aryl methyl sites for hydroxylation is 1. The maximum atomic E-state index is 12.0. The van der Waals surface area contributed by atoms with Gasteiger partial charge < -0.3 is 9.15 Å². The van der Waals surface area contributed by atoms with Crippen molar-refractivity contribution in [3.05, 3.63) is 70.9 Å². The van der Waals surface area contributed by atoms with Crippen LogP contribution in [0.1, 0.15) is 36.7 Å². The number of carbonyl (C=O) groups is 1. The Labute approximate surface area is 194 Å². The zero-order valence-electron chi connectivity index (χ0n) is 18.0. The highest BCUT2D eigenvalue weighted by molar-refractivity contribution is 7.98. The number of hydrogen-bond acceptors (Lipinski definition) is 8. The van der Waals surface area contributed by atoms with Gasteiger partial charge in [-0.3, -0.25) is 9.36 Å². The molecule has 0 radical (unpaired) electrons. The monoisotopic (exact) mass is 468 g/mol. The largest absolute Gasteiger partial charge is 0.467 e. The predicted octanol–water partition coefficient (Wildman–Crippen LogP) is 5.00. The molecule has 0 unspecified atom stereocenters. The molecule has 3 heterocycles. The third-order valence-electron chi connectivity index (χ3n) is 4.81. The second-order valence-corrected chi connectivity index (χ2v) is 8.83. The van der Waals surface area contributed by atoms with Gasteiger partial charge in [0.25, 0.3) is 0 Å². The van der Waals surface area contributed by atoms with Crippen LogP contribution in [0.15, 0.2) is 57.6 Å². The summed E-state index contributed by atoms with van der Waals surface area (Å²) in [5.74, 6) is 1.65. The Morgan fingerprint density at radius 1 is 1.19 bits per heavy atom. The Morgan fingerprint density at radius 2 is 2.03 bits per heavy atom. The number of thiazole rings is 1. The maximum Gasteiger partial charge on any atom is 0.313 e. The molecule has 0 bridgehead atoms. The minimum absolute atomic E-state index is 0.0662. The topological polar surface area (TPSA) is 83.0 Å². The van der Waals surface area contributed by atoms with E-state index in [1.54, 1.807) is 24.5 Å². The molecule has 9 heteroatoms. The van der Waals surface area contributed by atoms with E-state index in [0.717, 1.165) is 28.4 Å². The van der Waals surface area contributed by atoms with Crippen LogP contribution in [0.3, 0.4) is 0 Å². The highest BCUT2D eigenvalue weighted by Gasteiger charge is 2.18. The average Bonchev–Trinajstić information content (AvgIpc) is 3.56. The molecule has 0 saturated heterocycles. The number of hydrogen-bond donors (Lipinski definition) is 0. The quantitative estimate of drug-likeness (QED) is 0.239. The van der Waals surface area contributed by atoms with Crippen LogP contribution in [0, 0.1) is 0 Å². The SMILES string of the molecule is CCOC(=O)Cc1nnc(SCc2csc(-c3ccc(CC)cc3)n2)n1Cc1ccco1. The molecule has 0 spiro atoms. The summed E-state index contributed by atoms with van der Waals surface area (Å²) >= 11 is 3.17. The smallest absolute Gasteiger partial charge is 0.313 e. The van der Waals surface area contributed by atoms with Crippen molar-refractivity contribution in [3.63, 3.8) is 0 Å². The summed E-state index contributed by atoms with van der Waals surface area (Å²) in [5.41, 5.74) is 3.42. The molecule has 0 aliphatic rings. The Kier molecular flexibility index (Phi) is 7.39. The van der Waals surface area contributed by atoms with Gasteiger partial charge in [0.2, 0.25) is 0 Å². The van der Waals surface area contributed by atoms with E-state index in [1.165, 1.54) is 17.3 Å². The molecular weight excluding hydrogens is 444 g/mol. The van der Waals surface area contributed by atoms with Crippen LogP contribution < -0.4 is 0 Å². The van der Waals surface area contributed by atoms with E-state index in [1.807, 2.05) is 16.7 Å². The summed E-state index contributed by atoms with van der Waals surface area (Å²) in [6, 6.07) is 12.3. The fourth-order valence-corrected chi connectivity index (χ4v) is 4.92. The van der Waals surface area contributed by atoms with Crippen molar-refractivity contribution < 1.29 is 13.9 Å². The van der Waals surface area contributed by atoms with Crippen LogP contribution in [0.25, 0.3) is 10.6 Å². The van der Waals surface area contributed by atoms with Crippen LogP contribution in [0.4, 0.5) is 0 Å². The van der Waals surface area contributed by atoms with E-state index >= 15 is 0 Å². The standard InChI is InChI=1S/C23H24N4O3S2/c1-3-16-7-9-17(10-8-16)22-24-18(14-31-22)15-32-23-26-25-20(12-21(28)29-4-2)27(23)13-19-6-5-11-30-19/h5-11,14H,3-4,12-13,15H2,1-2H3. The number of aromatic nitrogens is 4. The van der Waals surface area contributed by atoms with Gasteiger partial charge in [0.15, 0.2) is 5.16 Å². The fraction of sp³-hybridized carbons (Fsp3) is 0.304. The van der Waals surface area contributed by atoms with Crippen LogP contribution in [0.2, 0.25) is 0 Å². The molecule has 166 valence electrons. The van der Waals surface area contributed by atoms with Crippen molar-refractivity contribution >= 4 is 29.1 Å². The Balaban J connectivity index is 1.48. The van der Waals surface area contributed by atoms with E-state index in [0.29, 0.717) is 29.9 Å². The minimum Gasteiger partial charge on any atom is -0.467 e. The number of thioether (sulfide) groups is 1. The van der Waals surface area contributed by atoms with E-state index in [2.05, 4.69) is 46.8 Å². The lowest BCUT2D eigenvalue weighted by Crippen LogP contribution is -2.13. The first kappa shape index (κ1) is 22.3. The highest BCUT2D eigenvalue weighted by Crippen LogP contribution is 2.28. The van der Waals surface area contributed by atoms with Gasteiger partial charge in [-0.25, -0.2) is 4.98 Å². The minimum atomic E-state index is -0.324. The van der Waals surface area contributed by atoms with Crippen molar-refractivity contribution in [1.29, 1.82) is 0 Å². The van der Waals surface area contributed by atoms with Gasteiger partial charge in [0, 0.05) is 16.7 Å². The van der Waals surface area contributed by atoms with E-state index in [4.69, 9.17) is 14.1 Å². The summed E-state index contributed by atoms with van der Waals surface area (Å²) in [6.45, 7) is 4.72. The summed E-state index contributed by atoms with van der Waals surface area (Å²) in [7, 11) is 0. The molecule has 0 N–H and O–H groups in total. The number of carbonyl (C=O) groups excluding carboxylic acids is 1. The third-order valence-corrected chi connectivity index (χ3v) is 6.75. The zero-order chi connectivity index (χ0) is 22.3. The third kappa shape index (κ3) is 5.46. The van der Waals surface area contributed by atoms with Gasteiger partial charge in [-0.05, 0) is 31.0 Å². The van der Waals surface area contributed by atoms with Gasteiger partial charge in [0.05, 0.1) is 25.1 Å². The number of esters is 1. The zero-order valence-corrected chi connectivity index (χ0v) is 19.6. The van der Waals surface area contributed by atoms with Crippen molar-refractivity contribution in [2.75, 3.05) is 6.61 Å². The molecule has 0 amide bonds. The number of rotatable bonds is 10. The lowest BCUT2D eigenvalue weighted by molar-refractivity contribution is -0.142. The highest BCUT2D eigenvalue weighted by atomic mass is 32.2. The summed E-state index contributed by atoms with van der Waals surface area (Å²) < 4.78 is 12.5. The Morgan fingerprint density at radius 3 is 2.75 bits per heavy atom. The number of furan rings is 1. The lowest BCUT2D eigenvalue weighted by atomic mass is 10.1. The fourth-order valence-electron chi connectivity index (χ4n) is 3.14. The second-order valence-electron chi connectivity index (χ2n) is 7.03. The van der Waals surface area contributed by atoms with Crippen molar-refractivity contribution in [2.24, 2.45) is 0 Å². The normalized spacial score (nSPS) is 11.1. The summed E-state index contributed by atoms with van der Waals surface area (Å²) in [5, 5.41) is 12.3. The van der Waals surface area contributed by atoms with Gasteiger partial charge >= 0.3 is 5.97 Å². The first-order chi connectivity index (χ1) is 15.7. The molecule has 0 aliphatic heterocycles. The molecule has 0 fully saturated rings. The molecule has 4 aromatic rings. The van der Waals surface area contributed by atoms with Gasteiger partial charge in [-0.1, -0.05) is 43.0 Å². The van der Waals surface area contributed by atoms with Gasteiger partial charge in [-0.15, -0.1) is 21.5 Å². The number of nitrogens with zero attached hydrogens (tertiary/aromatic N) is 4. The summed E-state index contributed by atoms with van der Waals surface area (Å²) in [6.07, 6.45) is 2.72. The van der Waals surface area contributed by atoms with E-state index in [-0.39, 0.29) is 12.4 Å². The van der Waals surface area contributed by atoms with Crippen molar-refractivity contribution in [2.45, 2.75) is 44.1 Å². The molecule has 0 atom stereocenters. The van der Waals surface area contributed by atoms with Crippen LogP contribution >= 0.6 is 23.1 Å². The molecule has 7 nitrogen and oxygen atoms in total. The maximum absolute atomic E-state index is 12.0. The second kappa shape index (κ2) is 10.6. The Hall–Kier alpha value is -2.91. The van der Waals surface area contributed by atoms with Crippen LogP contribution in [0.5, 0.6) is 0 Å². The van der Waals surface area contributed by atoms with Gasteiger partial charge in [-0.2, -0.15) is 0 Å². The Bertz CT molecular complexity index is 1150. The number of ether oxygens (including phenoxy) is 1. The lowest BCUT2D eigenvalue weighted by Gasteiger charge is -2.08. The summed E-state index contributed by atoms with van der Waals surface area (Å²) in [4.78, 5) is 16.8. The predicted molar refractivity (Wildman–Crippen MR) is 125 cm³/mol. The number of benzene rings is 1.